The van der Waals surface area contributed by atoms with Crippen LogP contribution in [0.15, 0.2) is 0 Å². The molecule has 0 radical (unpaired) electrons. The first kappa shape index (κ1) is 14.4. The zero-order chi connectivity index (χ0) is 11.5. The van der Waals surface area contributed by atoms with Crippen LogP contribution >= 0.6 is 0 Å². The molecule has 0 aliphatic carbocycles. The number of rotatable bonds is 9. The van der Waals surface area contributed by atoms with Gasteiger partial charge in [0.2, 0.25) is 0 Å². The first-order valence-electron chi connectivity index (χ1n) is 6.04. The second-order valence-corrected chi connectivity index (χ2v) is 3.94. The standard InChI is InChI=1S/C12H24O3/c1-3-5-6-7-9-11(13)10-15-12(14)8-4-2/h11,13H,3-10H2,1-2H3/t11-/m1/s1. The average molecular weight is 216 g/mol. The van der Waals surface area contributed by atoms with E-state index in [2.05, 4.69) is 6.92 Å². The lowest BCUT2D eigenvalue weighted by atomic mass is 10.1. The van der Waals surface area contributed by atoms with Gasteiger partial charge in [0.05, 0.1) is 6.10 Å². The molecule has 0 aliphatic rings. The predicted octanol–water partition coefficient (Wildman–Crippen LogP) is 2.66. The maximum Gasteiger partial charge on any atom is 0.305 e. The van der Waals surface area contributed by atoms with E-state index in [0.29, 0.717) is 6.42 Å². The molecule has 3 nitrogen and oxygen atoms in total. The van der Waals surface area contributed by atoms with Gasteiger partial charge in [-0.15, -0.1) is 0 Å². The lowest BCUT2D eigenvalue weighted by Gasteiger charge is -2.10. The van der Waals surface area contributed by atoms with Crippen molar-refractivity contribution in [1.82, 2.24) is 0 Å². The molecule has 0 rings (SSSR count). The molecule has 0 aromatic rings. The molecule has 0 unspecified atom stereocenters. The lowest BCUT2D eigenvalue weighted by molar-refractivity contribution is -0.146. The van der Waals surface area contributed by atoms with Gasteiger partial charge in [0.15, 0.2) is 0 Å². The number of esters is 1. The van der Waals surface area contributed by atoms with Crippen molar-refractivity contribution in [2.75, 3.05) is 6.61 Å². The van der Waals surface area contributed by atoms with Crippen LogP contribution < -0.4 is 0 Å². The third-order valence-corrected chi connectivity index (χ3v) is 2.28. The number of carbonyl (C=O) groups is 1. The summed E-state index contributed by atoms with van der Waals surface area (Å²) in [7, 11) is 0. The van der Waals surface area contributed by atoms with E-state index in [-0.39, 0.29) is 12.6 Å². The molecule has 0 saturated carbocycles. The van der Waals surface area contributed by atoms with Gasteiger partial charge in [-0.1, -0.05) is 39.5 Å². The average Bonchev–Trinajstić information content (AvgIpc) is 2.22. The highest BCUT2D eigenvalue weighted by Gasteiger charge is 2.07. The van der Waals surface area contributed by atoms with Gasteiger partial charge in [-0.3, -0.25) is 4.79 Å². The maximum atomic E-state index is 11.0. The molecule has 0 amide bonds. The van der Waals surface area contributed by atoms with Gasteiger partial charge >= 0.3 is 5.97 Å². The van der Waals surface area contributed by atoms with Gasteiger partial charge in [-0.25, -0.2) is 0 Å². The van der Waals surface area contributed by atoms with E-state index in [4.69, 9.17) is 4.74 Å². The highest BCUT2D eigenvalue weighted by atomic mass is 16.5. The minimum absolute atomic E-state index is 0.158. The predicted molar refractivity (Wildman–Crippen MR) is 60.6 cm³/mol. The fourth-order valence-electron chi connectivity index (χ4n) is 1.36. The second-order valence-electron chi connectivity index (χ2n) is 3.94. The summed E-state index contributed by atoms with van der Waals surface area (Å²) in [6.45, 7) is 4.25. The first-order valence-corrected chi connectivity index (χ1v) is 6.04. The summed E-state index contributed by atoms with van der Waals surface area (Å²) < 4.78 is 4.91. The van der Waals surface area contributed by atoms with Gasteiger partial charge in [-0.05, 0) is 12.8 Å². The van der Waals surface area contributed by atoms with Crippen LogP contribution in [0.3, 0.4) is 0 Å². The number of unbranched alkanes of at least 4 members (excludes halogenated alkanes) is 3. The zero-order valence-electron chi connectivity index (χ0n) is 10.00. The molecule has 15 heavy (non-hydrogen) atoms. The van der Waals surface area contributed by atoms with Crippen LogP contribution in [-0.4, -0.2) is 23.8 Å². The van der Waals surface area contributed by atoms with Crippen molar-refractivity contribution in [3.05, 3.63) is 0 Å². The number of carbonyl (C=O) groups excluding carboxylic acids is 1. The molecule has 0 aromatic heterocycles. The molecule has 0 fully saturated rings. The molecule has 0 spiro atoms. The molecule has 0 saturated heterocycles. The summed E-state index contributed by atoms with van der Waals surface area (Å²) >= 11 is 0. The quantitative estimate of drug-likeness (QED) is 0.476. The molecule has 1 atom stereocenters. The molecule has 3 heteroatoms. The Kier molecular flexibility index (Phi) is 9.59. The molecule has 0 bridgehead atoms. The third kappa shape index (κ3) is 9.73. The topological polar surface area (TPSA) is 46.5 Å². The van der Waals surface area contributed by atoms with E-state index in [0.717, 1.165) is 25.7 Å². The van der Waals surface area contributed by atoms with Crippen molar-refractivity contribution in [3.63, 3.8) is 0 Å². The Morgan fingerprint density at radius 2 is 1.93 bits per heavy atom. The van der Waals surface area contributed by atoms with Gasteiger partial charge in [0, 0.05) is 6.42 Å². The summed E-state index contributed by atoms with van der Waals surface area (Å²) in [6.07, 6.45) is 6.07. The SMILES string of the molecule is CCCCCC[C@@H](O)COC(=O)CCC. The van der Waals surface area contributed by atoms with E-state index in [1.165, 1.54) is 12.8 Å². The fourth-order valence-corrected chi connectivity index (χ4v) is 1.36. The van der Waals surface area contributed by atoms with E-state index in [1.54, 1.807) is 0 Å². The van der Waals surface area contributed by atoms with Crippen molar-refractivity contribution in [2.24, 2.45) is 0 Å². The summed E-state index contributed by atoms with van der Waals surface area (Å²) in [5, 5.41) is 9.49. The van der Waals surface area contributed by atoms with Crippen molar-refractivity contribution in [1.29, 1.82) is 0 Å². The monoisotopic (exact) mass is 216 g/mol. The number of aliphatic hydroxyl groups excluding tert-OH is 1. The number of hydrogen-bond acceptors (Lipinski definition) is 3. The highest BCUT2D eigenvalue weighted by molar-refractivity contribution is 5.69. The minimum Gasteiger partial charge on any atom is -0.463 e. The Labute approximate surface area is 92.8 Å². The Hall–Kier alpha value is -0.570. The van der Waals surface area contributed by atoms with Gasteiger partial charge in [0.25, 0.3) is 0 Å². The van der Waals surface area contributed by atoms with Crippen molar-refractivity contribution >= 4 is 5.97 Å². The van der Waals surface area contributed by atoms with Crippen LogP contribution in [0.2, 0.25) is 0 Å². The van der Waals surface area contributed by atoms with Crippen molar-refractivity contribution < 1.29 is 14.6 Å². The number of hydrogen-bond donors (Lipinski definition) is 1. The second kappa shape index (κ2) is 9.97. The van der Waals surface area contributed by atoms with Crippen LogP contribution in [0.4, 0.5) is 0 Å². The fraction of sp³-hybridized carbons (Fsp3) is 0.917. The smallest absolute Gasteiger partial charge is 0.305 e. The van der Waals surface area contributed by atoms with E-state index in [1.807, 2.05) is 6.92 Å². The Morgan fingerprint density at radius 3 is 2.53 bits per heavy atom. The Bertz CT molecular complexity index is 157. The van der Waals surface area contributed by atoms with Crippen LogP contribution in [0.5, 0.6) is 0 Å². The molecule has 0 aromatic carbocycles. The normalized spacial score (nSPS) is 12.5. The van der Waals surface area contributed by atoms with Gasteiger partial charge < -0.3 is 9.84 Å². The van der Waals surface area contributed by atoms with E-state index < -0.39 is 6.10 Å². The van der Waals surface area contributed by atoms with Crippen LogP contribution in [0.1, 0.15) is 58.8 Å². The Balaban J connectivity index is 3.32. The summed E-state index contributed by atoms with van der Waals surface area (Å²) in [5.74, 6) is -0.204. The lowest BCUT2D eigenvalue weighted by Crippen LogP contribution is -2.18. The third-order valence-electron chi connectivity index (χ3n) is 2.28. The van der Waals surface area contributed by atoms with Gasteiger partial charge in [-0.2, -0.15) is 0 Å². The number of aliphatic hydroxyl groups is 1. The van der Waals surface area contributed by atoms with Crippen LogP contribution in [0, 0.1) is 0 Å². The minimum atomic E-state index is -0.484. The largest absolute Gasteiger partial charge is 0.463 e. The molecule has 0 aliphatic heterocycles. The molecular formula is C12H24O3. The van der Waals surface area contributed by atoms with Crippen molar-refractivity contribution in [3.8, 4) is 0 Å². The molecule has 0 heterocycles. The summed E-state index contributed by atoms with van der Waals surface area (Å²) in [5.41, 5.74) is 0. The highest BCUT2D eigenvalue weighted by Crippen LogP contribution is 2.06. The van der Waals surface area contributed by atoms with Crippen LogP contribution in [-0.2, 0) is 9.53 Å². The molecule has 90 valence electrons. The van der Waals surface area contributed by atoms with Gasteiger partial charge in [0.1, 0.15) is 6.61 Å². The van der Waals surface area contributed by atoms with Crippen LogP contribution in [0.25, 0.3) is 0 Å². The zero-order valence-corrected chi connectivity index (χ0v) is 10.00. The van der Waals surface area contributed by atoms with E-state index >= 15 is 0 Å². The molecule has 1 N–H and O–H groups in total. The maximum absolute atomic E-state index is 11.0. The summed E-state index contributed by atoms with van der Waals surface area (Å²) in [6, 6.07) is 0. The number of ether oxygens (including phenoxy) is 1. The first-order chi connectivity index (χ1) is 7.20. The molecular weight excluding hydrogens is 192 g/mol. The van der Waals surface area contributed by atoms with Crippen molar-refractivity contribution in [2.45, 2.75) is 64.9 Å². The van der Waals surface area contributed by atoms with E-state index in [9.17, 15) is 9.90 Å². The Morgan fingerprint density at radius 1 is 1.20 bits per heavy atom. The summed E-state index contributed by atoms with van der Waals surface area (Å²) in [4.78, 5) is 11.0.